The van der Waals surface area contributed by atoms with Crippen LogP contribution in [0.25, 0.3) is 0 Å². The van der Waals surface area contributed by atoms with Gasteiger partial charge in [-0.3, -0.25) is 14.5 Å². The zero-order chi connectivity index (χ0) is 20.8. The maximum absolute atomic E-state index is 12.9. The average molecular weight is 396 g/mol. The van der Waals surface area contributed by atoms with E-state index in [1.54, 1.807) is 29.2 Å². The molecule has 1 aromatic heterocycles. The molecule has 2 heterocycles. The number of likely N-dealkylation sites (N-methyl/N-ethyl adjacent to an activating group) is 1. The van der Waals surface area contributed by atoms with Gasteiger partial charge in [0.25, 0.3) is 5.91 Å². The fraction of sp³-hybridized carbons (Fsp3) is 0.429. The summed E-state index contributed by atoms with van der Waals surface area (Å²) in [5, 5.41) is 2.73. The van der Waals surface area contributed by atoms with Crippen LogP contribution in [0.3, 0.4) is 0 Å². The Morgan fingerprint density at radius 1 is 1.14 bits per heavy atom. The number of carbonyl (C=O) groups excluding carboxylic acids is 2. The van der Waals surface area contributed by atoms with E-state index >= 15 is 0 Å². The number of aromatic nitrogens is 2. The van der Waals surface area contributed by atoms with E-state index in [0.29, 0.717) is 31.1 Å². The highest BCUT2D eigenvalue weighted by Gasteiger charge is 2.34. The second kappa shape index (κ2) is 9.47. The maximum Gasteiger partial charge on any atom is 0.257 e. The van der Waals surface area contributed by atoms with Gasteiger partial charge in [-0.05, 0) is 12.0 Å². The lowest BCUT2D eigenvalue weighted by atomic mass is 10.1. The van der Waals surface area contributed by atoms with Gasteiger partial charge in [-0.2, -0.15) is 0 Å². The molecular formula is C21H28N6O2. The fourth-order valence-corrected chi connectivity index (χ4v) is 3.45. The lowest BCUT2D eigenvalue weighted by molar-refractivity contribution is -0.127. The minimum absolute atomic E-state index is 0.0743. The zero-order valence-electron chi connectivity index (χ0n) is 17.2. The molecule has 1 N–H and O–H groups in total. The molecule has 29 heavy (non-hydrogen) atoms. The third-order valence-electron chi connectivity index (χ3n) is 5.14. The number of hydrogen-bond acceptors (Lipinski definition) is 6. The summed E-state index contributed by atoms with van der Waals surface area (Å²) in [6, 6.07) is 9.84. The quantitative estimate of drug-likeness (QED) is 0.773. The first-order valence-corrected chi connectivity index (χ1v) is 9.78. The Hall–Kier alpha value is -3.00. The first kappa shape index (κ1) is 20.7. The van der Waals surface area contributed by atoms with Crippen LogP contribution in [-0.2, 0) is 11.2 Å². The summed E-state index contributed by atoms with van der Waals surface area (Å²) in [6.45, 7) is 2.33. The molecule has 1 unspecified atom stereocenters. The normalized spacial score (nSPS) is 17.1. The van der Waals surface area contributed by atoms with Gasteiger partial charge in [0.1, 0.15) is 6.04 Å². The van der Waals surface area contributed by atoms with E-state index in [4.69, 9.17) is 0 Å². The molecule has 1 aliphatic heterocycles. The topological polar surface area (TPSA) is 81.7 Å². The molecule has 0 aliphatic carbocycles. The highest BCUT2D eigenvalue weighted by molar-refractivity contribution is 5.94. The van der Waals surface area contributed by atoms with E-state index in [-0.39, 0.29) is 17.9 Å². The molecule has 1 saturated heterocycles. The highest BCUT2D eigenvalue weighted by atomic mass is 16.2. The number of piperazine rings is 1. The Kier molecular flexibility index (Phi) is 6.77. The van der Waals surface area contributed by atoms with Crippen molar-refractivity contribution in [1.82, 2.24) is 25.1 Å². The Labute approximate surface area is 171 Å². The van der Waals surface area contributed by atoms with Crippen LogP contribution >= 0.6 is 0 Å². The van der Waals surface area contributed by atoms with E-state index < -0.39 is 0 Å². The summed E-state index contributed by atoms with van der Waals surface area (Å²) < 4.78 is 0. The summed E-state index contributed by atoms with van der Waals surface area (Å²) in [5.74, 6) is 0.331. The molecule has 154 valence electrons. The van der Waals surface area contributed by atoms with Crippen LogP contribution in [0.2, 0.25) is 0 Å². The molecule has 3 rings (SSSR count). The maximum atomic E-state index is 12.9. The van der Waals surface area contributed by atoms with Crippen molar-refractivity contribution in [2.75, 3.05) is 52.2 Å². The molecule has 2 aromatic rings. The van der Waals surface area contributed by atoms with Crippen LogP contribution in [-0.4, -0.2) is 84.9 Å². The predicted octanol–water partition coefficient (Wildman–Crippen LogP) is 0.658. The zero-order valence-corrected chi connectivity index (χ0v) is 17.2. The van der Waals surface area contributed by atoms with E-state index in [1.807, 2.05) is 32.3 Å². The van der Waals surface area contributed by atoms with Crippen molar-refractivity contribution in [3.05, 3.63) is 53.9 Å². The van der Waals surface area contributed by atoms with Crippen molar-refractivity contribution >= 4 is 17.8 Å². The molecule has 1 aromatic carbocycles. The summed E-state index contributed by atoms with van der Waals surface area (Å²) in [7, 11) is 5.32. The molecule has 0 spiro atoms. The minimum atomic E-state index is -0.372. The van der Waals surface area contributed by atoms with E-state index in [9.17, 15) is 9.59 Å². The van der Waals surface area contributed by atoms with Crippen molar-refractivity contribution in [2.45, 2.75) is 12.5 Å². The number of nitrogens with zero attached hydrogens (tertiary/aromatic N) is 5. The van der Waals surface area contributed by atoms with Crippen molar-refractivity contribution in [1.29, 1.82) is 0 Å². The Morgan fingerprint density at radius 3 is 2.45 bits per heavy atom. The van der Waals surface area contributed by atoms with Crippen molar-refractivity contribution in [2.24, 2.45) is 0 Å². The number of hydrogen-bond donors (Lipinski definition) is 1. The van der Waals surface area contributed by atoms with Gasteiger partial charge in [-0.1, -0.05) is 30.3 Å². The van der Waals surface area contributed by atoms with Crippen molar-refractivity contribution < 1.29 is 9.59 Å². The lowest BCUT2D eigenvalue weighted by Gasteiger charge is -2.40. The first-order chi connectivity index (χ1) is 14.0. The van der Waals surface area contributed by atoms with Crippen LogP contribution in [0.15, 0.2) is 42.7 Å². The summed E-state index contributed by atoms with van der Waals surface area (Å²) in [5.41, 5.74) is 1.67. The number of anilines is 1. The molecule has 1 atom stereocenters. The number of benzene rings is 1. The summed E-state index contributed by atoms with van der Waals surface area (Å²) in [4.78, 5) is 39.5. The smallest absolute Gasteiger partial charge is 0.257 e. The third-order valence-corrected chi connectivity index (χ3v) is 5.14. The number of nitrogens with one attached hydrogen (secondary N) is 1. The minimum Gasteiger partial charge on any atom is -0.358 e. The fourth-order valence-electron chi connectivity index (χ4n) is 3.45. The molecule has 0 radical (unpaired) electrons. The highest BCUT2D eigenvalue weighted by Crippen LogP contribution is 2.15. The molecule has 1 fully saturated rings. The van der Waals surface area contributed by atoms with Crippen LogP contribution in [0.4, 0.5) is 5.95 Å². The molecule has 2 amide bonds. The summed E-state index contributed by atoms with van der Waals surface area (Å²) in [6.07, 6.45) is 3.95. The lowest BCUT2D eigenvalue weighted by Crippen LogP contribution is -2.60. The number of rotatable bonds is 6. The molecule has 8 nitrogen and oxygen atoms in total. The van der Waals surface area contributed by atoms with E-state index in [0.717, 1.165) is 13.0 Å². The van der Waals surface area contributed by atoms with Crippen molar-refractivity contribution in [3.63, 3.8) is 0 Å². The first-order valence-electron chi connectivity index (χ1n) is 9.78. The predicted molar refractivity (Wildman–Crippen MR) is 112 cm³/mol. The van der Waals surface area contributed by atoms with Crippen molar-refractivity contribution in [3.8, 4) is 0 Å². The van der Waals surface area contributed by atoms with Gasteiger partial charge in [0.05, 0.1) is 5.56 Å². The second-order valence-electron chi connectivity index (χ2n) is 7.32. The van der Waals surface area contributed by atoms with Gasteiger partial charge in [0, 0.05) is 59.7 Å². The monoisotopic (exact) mass is 396 g/mol. The molecule has 8 heteroatoms. The average Bonchev–Trinajstić information content (AvgIpc) is 2.77. The van der Waals surface area contributed by atoms with E-state index in [2.05, 4.69) is 32.3 Å². The van der Waals surface area contributed by atoms with Gasteiger partial charge in [0.2, 0.25) is 11.9 Å². The van der Waals surface area contributed by atoms with Crippen LogP contribution in [0.1, 0.15) is 15.9 Å². The van der Waals surface area contributed by atoms with Gasteiger partial charge < -0.3 is 15.1 Å². The van der Waals surface area contributed by atoms with Gasteiger partial charge in [-0.15, -0.1) is 0 Å². The summed E-state index contributed by atoms with van der Waals surface area (Å²) >= 11 is 0. The SMILES string of the molecule is CNC(=O)C1CN(C(=O)c2cnc(N(C)C)nc2)CCN1CCc1ccccc1. The van der Waals surface area contributed by atoms with Gasteiger partial charge in [-0.25, -0.2) is 9.97 Å². The number of amides is 2. The van der Waals surface area contributed by atoms with E-state index in [1.165, 1.54) is 5.56 Å². The Balaban J connectivity index is 1.67. The van der Waals surface area contributed by atoms with Gasteiger partial charge in [0.15, 0.2) is 0 Å². The molecule has 0 saturated carbocycles. The standard InChI is InChI=1S/C21H28N6O2/c1-22-19(28)18-15-27(20(29)17-13-23-21(24-14-17)25(2)3)12-11-26(18)10-9-16-7-5-4-6-8-16/h4-8,13-14,18H,9-12,15H2,1-3H3,(H,22,28). The number of carbonyl (C=O) groups is 2. The second-order valence-corrected chi connectivity index (χ2v) is 7.32. The Morgan fingerprint density at radius 2 is 1.83 bits per heavy atom. The molecular weight excluding hydrogens is 368 g/mol. The largest absolute Gasteiger partial charge is 0.358 e. The molecule has 0 bridgehead atoms. The third kappa shape index (κ3) is 5.08. The van der Waals surface area contributed by atoms with Crippen LogP contribution in [0, 0.1) is 0 Å². The van der Waals surface area contributed by atoms with Gasteiger partial charge >= 0.3 is 0 Å². The van der Waals surface area contributed by atoms with Crippen LogP contribution in [0.5, 0.6) is 0 Å². The Bertz CT molecular complexity index is 825. The molecule has 1 aliphatic rings. The van der Waals surface area contributed by atoms with Crippen LogP contribution < -0.4 is 10.2 Å².